The molecular weight excluding hydrogens is 415 g/mol. The van der Waals surface area contributed by atoms with Gasteiger partial charge in [0.05, 0.1) is 19.8 Å². The zero-order valence-corrected chi connectivity index (χ0v) is 18.8. The third kappa shape index (κ3) is 7.26. The van der Waals surface area contributed by atoms with Crippen LogP contribution in [0.4, 0.5) is 0 Å². The van der Waals surface area contributed by atoms with Crippen molar-refractivity contribution in [2.75, 3.05) is 19.8 Å². The molecule has 0 bridgehead atoms. The molecule has 0 aromatic heterocycles. The minimum Gasteiger partial charge on any atom is -0.494 e. The van der Waals surface area contributed by atoms with Crippen molar-refractivity contribution in [1.82, 2.24) is 0 Å². The van der Waals surface area contributed by atoms with Crippen molar-refractivity contribution in [3.05, 3.63) is 72.8 Å². The van der Waals surface area contributed by atoms with Crippen LogP contribution in [0.25, 0.3) is 0 Å². The second-order valence-electron chi connectivity index (χ2n) is 6.21. The van der Waals surface area contributed by atoms with Crippen LogP contribution in [0, 0.1) is 0 Å². The van der Waals surface area contributed by atoms with E-state index in [1.807, 2.05) is 93.6 Å². The summed E-state index contributed by atoms with van der Waals surface area (Å²) in [6, 6.07) is 22.0. The molecule has 0 atom stereocenters. The molecule has 164 valence electrons. The Hall–Kier alpha value is -3.11. The molecule has 3 aromatic carbocycles. The minimum absolute atomic E-state index is 0.606. The molecule has 0 aliphatic rings. The minimum atomic E-state index is -1.76. The third-order valence-electron chi connectivity index (χ3n) is 3.94. The Kier molecular flexibility index (Phi) is 8.68. The van der Waals surface area contributed by atoms with E-state index >= 15 is 0 Å². The molecule has 0 radical (unpaired) electrons. The summed E-state index contributed by atoms with van der Waals surface area (Å²) < 4.78 is 34.5. The molecule has 0 heterocycles. The normalized spacial score (nSPS) is 10.5. The number of hydrogen-bond acceptors (Lipinski definition) is 6. The second-order valence-corrected chi connectivity index (χ2v) is 7.21. The van der Waals surface area contributed by atoms with Gasteiger partial charge in [0.15, 0.2) is 0 Å². The van der Waals surface area contributed by atoms with Crippen molar-refractivity contribution in [3.8, 4) is 34.5 Å². The van der Waals surface area contributed by atoms with Gasteiger partial charge in [0.1, 0.15) is 34.5 Å². The van der Waals surface area contributed by atoms with Crippen molar-refractivity contribution < 1.29 is 27.8 Å². The molecule has 0 saturated heterocycles. The molecule has 0 saturated carbocycles. The van der Waals surface area contributed by atoms with Crippen LogP contribution in [-0.2, 0) is 0 Å². The Bertz CT molecular complexity index is 774. The van der Waals surface area contributed by atoms with Crippen molar-refractivity contribution in [2.24, 2.45) is 0 Å². The van der Waals surface area contributed by atoms with Crippen LogP contribution in [0.2, 0.25) is 0 Å². The van der Waals surface area contributed by atoms with Gasteiger partial charge in [-0.1, -0.05) is 0 Å². The Morgan fingerprint density at radius 2 is 0.645 bits per heavy atom. The lowest BCUT2D eigenvalue weighted by Gasteiger charge is -2.18. The second kappa shape index (κ2) is 11.9. The fourth-order valence-corrected chi connectivity index (χ4v) is 3.60. The van der Waals surface area contributed by atoms with Crippen LogP contribution in [-0.4, -0.2) is 19.8 Å². The van der Waals surface area contributed by atoms with E-state index in [1.165, 1.54) is 0 Å². The molecule has 7 heteroatoms. The maximum Gasteiger partial charge on any atom is 0.530 e. The molecular formula is C24H27O6P. The number of rotatable bonds is 12. The summed E-state index contributed by atoms with van der Waals surface area (Å²) >= 11 is 0. The largest absolute Gasteiger partial charge is 0.530 e. The summed E-state index contributed by atoms with van der Waals surface area (Å²) in [5, 5.41) is 0. The first-order chi connectivity index (χ1) is 15.2. The van der Waals surface area contributed by atoms with E-state index in [-0.39, 0.29) is 0 Å². The van der Waals surface area contributed by atoms with Crippen LogP contribution in [0.1, 0.15) is 20.8 Å². The summed E-state index contributed by atoms with van der Waals surface area (Å²) in [4.78, 5) is 0. The summed E-state index contributed by atoms with van der Waals surface area (Å²) in [6.07, 6.45) is 0. The van der Waals surface area contributed by atoms with Crippen molar-refractivity contribution in [3.63, 3.8) is 0 Å². The highest BCUT2D eigenvalue weighted by Gasteiger charge is 2.20. The van der Waals surface area contributed by atoms with Gasteiger partial charge in [0.25, 0.3) is 0 Å². The zero-order valence-electron chi connectivity index (χ0n) is 17.9. The lowest BCUT2D eigenvalue weighted by Crippen LogP contribution is -2.02. The predicted octanol–water partition coefficient (Wildman–Crippen LogP) is 6.65. The van der Waals surface area contributed by atoms with Crippen LogP contribution in [0.3, 0.4) is 0 Å². The number of ether oxygens (including phenoxy) is 3. The van der Waals surface area contributed by atoms with E-state index in [0.717, 1.165) is 17.2 Å². The van der Waals surface area contributed by atoms with Gasteiger partial charge in [-0.25, -0.2) is 0 Å². The quantitative estimate of drug-likeness (QED) is 0.293. The average molecular weight is 442 g/mol. The van der Waals surface area contributed by atoms with Crippen molar-refractivity contribution >= 4 is 8.60 Å². The molecule has 0 spiro atoms. The highest BCUT2D eigenvalue weighted by atomic mass is 31.2. The van der Waals surface area contributed by atoms with Crippen LogP contribution in [0.15, 0.2) is 72.8 Å². The highest BCUT2D eigenvalue weighted by Crippen LogP contribution is 2.43. The summed E-state index contributed by atoms with van der Waals surface area (Å²) in [7, 11) is -1.76. The highest BCUT2D eigenvalue weighted by molar-refractivity contribution is 7.43. The summed E-state index contributed by atoms with van der Waals surface area (Å²) in [5.74, 6) is 4.18. The smallest absolute Gasteiger partial charge is 0.494 e. The van der Waals surface area contributed by atoms with Gasteiger partial charge in [-0.15, -0.1) is 0 Å². The monoisotopic (exact) mass is 442 g/mol. The molecule has 0 aliphatic heterocycles. The lowest BCUT2D eigenvalue weighted by atomic mass is 10.3. The standard InChI is InChI=1S/C24H27O6P/c1-4-25-19-7-13-22(14-8-19)28-31(29-23-15-9-20(10-16-23)26-5-2)30-24-17-11-21(12-18-24)27-6-3/h7-18H,4-6H2,1-3H3. The SMILES string of the molecule is CCOc1ccc(OP(Oc2ccc(OCC)cc2)Oc2ccc(OCC)cc2)cc1. The van der Waals surface area contributed by atoms with Crippen molar-refractivity contribution in [2.45, 2.75) is 20.8 Å². The number of hydrogen-bond donors (Lipinski definition) is 0. The average Bonchev–Trinajstić information content (AvgIpc) is 2.78. The predicted molar refractivity (Wildman–Crippen MR) is 122 cm³/mol. The lowest BCUT2D eigenvalue weighted by molar-refractivity contribution is 0.338. The van der Waals surface area contributed by atoms with Gasteiger partial charge in [0.2, 0.25) is 0 Å². The van der Waals surface area contributed by atoms with Crippen LogP contribution in [0.5, 0.6) is 34.5 Å². The summed E-state index contributed by atoms with van der Waals surface area (Å²) in [6.45, 7) is 7.65. The molecule has 0 aliphatic carbocycles. The van der Waals surface area contributed by atoms with E-state index in [1.54, 1.807) is 0 Å². The van der Waals surface area contributed by atoms with Gasteiger partial charge in [0, 0.05) is 0 Å². The Morgan fingerprint density at radius 3 is 0.871 bits per heavy atom. The van der Waals surface area contributed by atoms with Gasteiger partial charge in [-0.05, 0) is 93.6 Å². The van der Waals surface area contributed by atoms with Gasteiger partial charge in [-0.3, -0.25) is 0 Å². The topological polar surface area (TPSA) is 55.4 Å². The van der Waals surface area contributed by atoms with Gasteiger partial charge >= 0.3 is 8.60 Å². The van der Waals surface area contributed by atoms with Gasteiger partial charge < -0.3 is 27.8 Å². The first kappa shape index (κ1) is 22.6. The van der Waals surface area contributed by atoms with E-state index in [0.29, 0.717) is 37.1 Å². The third-order valence-corrected chi connectivity index (χ3v) is 5.02. The molecule has 3 rings (SSSR count). The molecule has 3 aromatic rings. The molecule has 0 fully saturated rings. The van der Waals surface area contributed by atoms with Crippen LogP contribution < -0.4 is 27.8 Å². The van der Waals surface area contributed by atoms with E-state index < -0.39 is 8.60 Å². The molecule has 0 amide bonds. The Morgan fingerprint density at radius 1 is 0.419 bits per heavy atom. The molecule has 0 unspecified atom stereocenters. The maximum atomic E-state index is 6.01. The maximum absolute atomic E-state index is 6.01. The molecule has 6 nitrogen and oxygen atoms in total. The summed E-state index contributed by atoms with van der Waals surface area (Å²) in [5.41, 5.74) is 0. The van der Waals surface area contributed by atoms with E-state index in [9.17, 15) is 0 Å². The van der Waals surface area contributed by atoms with Crippen LogP contribution >= 0.6 is 8.60 Å². The zero-order chi connectivity index (χ0) is 21.9. The Labute approximate surface area is 184 Å². The fraction of sp³-hybridized carbons (Fsp3) is 0.250. The van der Waals surface area contributed by atoms with E-state index in [4.69, 9.17) is 27.8 Å². The Balaban J connectivity index is 1.73. The first-order valence-corrected chi connectivity index (χ1v) is 11.3. The van der Waals surface area contributed by atoms with Crippen molar-refractivity contribution in [1.29, 1.82) is 0 Å². The number of benzene rings is 3. The fourth-order valence-electron chi connectivity index (χ4n) is 2.60. The van der Waals surface area contributed by atoms with Gasteiger partial charge in [-0.2, -0.15) is 0 Å². The van der Waals surface area contributed by atoms with E-state index in [2.05, 4.69) is 0 Å². The molecule has 0 N–H and O–H groups in total. The molecule has 31 heavy (non-hydrogen) atoms. The first-order valence-electron chi connectivity index (χ1n) is 10.2.